The lowest BCUT2D eigenvalue weighted by atomic mass is 10.1. The summed E-state index contributed by atoms with van der Waals surface area (Å²) >= 11 is 1.55. The molecule has 138 valence electrons. The maximum Gasteiger partial charge on any atom is 0.295 e. The lowest BCUT2D eigenvalue weighted by Gasteiger charge is -2.19. The molecule has 0 radical (unpaired) electrons. The van der Waals surface area contributed by atoms with Gasteiger partial charge >= 0.3 is 0 Å². The third-order valence-electron chi connectivity index (χ3n) is 4.28. The summed E-state index contributed by atoms with van der Waals surface area (Å²) in [6, 6.07) is 13.4. The molecule has 0 aliphatic rings. The number of para-hydroxylation sites is 1. The Morgan fingerprint density at radius 2 is 1.93 bits per heavy atom. The molecule has 0 bridgehead atoms. The number of carbonyl (C=O) groups excluding carboxylic acids is 2. The fourth-order valence-corrected chi connectivity index (χ4v) is 3.73. The molecular formula is C21H21N3O2S. The molecule has 27 heavy (non-hydrogen) atoms. The highest BCUT2D eigenvalue weighted by atomic mass is 32.1. The van der Waals surface area contributed by atoms with Crippen molar-refractivity contribution in [1.29, 1.82) is 0 Å². The number of aryl methyl sites for hydroxylation is 1. The largest absolute Gasteiger partial charge is 0.327 e. The molecule has 0 N–H and O–H groups in total. The zero-order valence-corrected chi connectivity index (χ0v) is 16.2. The molecule has 0 saturated heterocycles. The third kappa shape index (κ3) is 3.90. The van der Waals surface area contributed by atoms with Crippen LogP contribution in [0.15, 0.2) is 60.5 Å². The van der Waals surface area contributed by atoms with E-state index in [4.69, 9.17) is 0 Å². The first-order valence-corrected chi connectivity index (χ1v) is 9.49. The van der Waals surface area contributed by atoms with Crippen molar-refractivity contribution < 1.29 is 9.59 Å². The fourth-order valence-electron chi connectivity index (χ4n) is 3.01. The van der Waals surface area contributed by atoms with Crippen molar-refractivity contribution in [1.82, 2.24) is 14.7 Å². The normalized spacial score (nSPS) is 10.6. The van der Waals surface area contributed by atoms with Gasteiger partial charge in [0.1, 0.15) is 0 Å². The Balaban J connectivity index is 1.91. The van der Waals surface area contributed by atoms with E-state index < -0.39 is 11.7 Å². The van der Waals surface area contributed by atoms with Gasteiger partial charge in [0.05, 0.1) is 29.2 Å². The van der Waals surface area contributed by atoms with Crippen molar-refractivity contribution in [2.75, 3.05) is 6.54 Å². The summed E-state index contributed by atoms with van der Waals surface area (Å²) in [5.41, 5.74) is 2.42. The van der Waals surface area contributed by atoms with Crippen LogP contribution in [0.5, 0.6) is 0 Å². The Bertz CT molecular complexity index is 959. The average Bonchev–Trinajstić information content (AvgIpc) is 3.28. The van der Waals surface area contributed by atoms with Gasteiger partial charge in [0.2, 0.25) is 0 Å². The number of rotatable bonds is 7. The molecule has 0 saturated carbocycles. The smallest absolute Gasteiger partial charge is 0.295 e. The van der Waals surface area contributed by atoms with Crippen LogP contribution in [-0.2, 0) is 11.3 Å². The summed E-state index contributed by atoms with van der Waals surface area (Å²) in [5.74, 6) is -1.08. The van der Waals surface area contributed by atoms with E-state index in [1.54, 1.807) is 29.0 Å². The van der Waals surface area contributed by atoms with Gasteiger partial charge in [0.15, 0.2) is 0 Å². The van der Waals surface area contributed by atoms with Crippen LogP contribution < -0.4 is 0 Å². The number of amides is 1. The summed E-state index contributed by atoms with van der Waals surface area (Å²) in [6.07, 6.45) is 1.63. The second-order valence-electron chi connectivity index (χ2n) is 6.18. The molecule has 2 heterocycles. The molecule has 1 aromatic carbocycles. The highest BCUT2D eigenvalue weighted by Gasteiger charge is 2.28. The lowest BCUT2D eigenvalue weighted by molar-refractivity contribution is -0.126. The molecule has 0 aliphatic heterocycles. The van der Waals surface area contributed by atoms with Crippen molar-refractivity contribution in [2.24, 2.45) is 0 Å². The Kier molecular flexibility index (Phi) is 5.66. The summed E-state index contributed by atoms with van der Waals surface area (Å²) < 4.78 is 1.70. The summed E-state index contributed by atoms with van der Waals surface area (Å²) in [6.45, 7) is 7.97. The first kappa shape index (κ1) is 18.8. The minimum atomic E-state index is -0.540. The summed E-state index contributed by atoms with van der Waals surface area (Å²) in [4.78, 5) is 28.4. The number of carbonyl (C=O) groups is 2. The van der Waals surface area contributed by atoms with Crippen LogP contribution in [0.1, 0.15) is 26.6 Å². The lowest BCUT2D eigenvalue weighted by Crippen LogP contribution is -2.36. The van der Waals surface area contributed by atoms with Crippen LogP contribution in [-0.4, -0.2) is 32.9 Å². The van der Waals surface area contributed by atoms with Gasteiger partial charge in [-0.1, -0.05) is 30.3 Å². The van der Waals surface area contributed by atoms with Crippen LogP contribution in [0.2, 0.25) is 0 Å². The Labute approximate surface area is 162 Å². The SMILES string of the molecule is C=CCN(Cc1cccs1)C(=O)C(=O)c1c(C)nn(-c2ccccc2)c1C. The maximum absolute atomic E-state index is 13.0. The molecular weight excluding hydrogens is 358 g/mol. The second kappa shape index (κ2) is 8.14. The van der Waals surface area contributed by atoms with E-state index in [1.807, 2.05) is 54.8 Å². The van der Waals surface area contributed by atoms with Gasteiger partial charge in [-0.3, -0.25) is 9.59 Å². The molecule has 2 aromatic heterocycles. The minimum Gasteiger partial charge on any atom is -0.327 e. The van der Waals surface area contributed by atoms with Crippen LogP contribution >= 0.6 is 11.3 Å². The van der Waals surface area contributed by atoms with Gasteiger partial charge in [-0.05, 0) is 37.4 Å². The number of hydrogen-bond donors (Lipinski definition) is 0. The molecule has 1 amide bonds. The average molecular weight is 379 g/mol. The number of aromatic nitrogens is 2. The van der Waals surface area contributed by atoms with E-state index in [0.717, 1.165) is 10.6 Å². The molecule has 0 aliphatic carbocycles. The molecule has 0 atom stereocenters. The van der Waals surface area contributed by atoms with Crippen LogP contribution in [0.3, 0.4) is 0 Å². The van der Waals surface area contributed by atoms with E-state index in [-0.39, 0.29) is 0 Å². The van der Waals surface area contributed by atoms with Crippen molar-refractivity contribution in [2.45, 2.75) is 20.4 Å². The predicted molar refractivity (Wildman–Crippen MR) is 107 cm³/mol. The molecule has 6 heteroatoms. The van der Waals surface area contributed by atoms with E-state index in [9.17, 15) is 9.59 Å². The molecule has 3 rings (SSSR count). The first-order valence-electron chi connectivity index (χ1n) is 8.61. The van der Waals surface area contributed by atoms with Gasteiger partial charge in [-0.15, -0.1) is 17.9 Å². The van der Waals surface area contributed by atoms with Crippen molar-refractivity contribution in [3.63, 3.8) is 0 Å². The number of benzene rings is 1. The molecule has 0 spiro atoms. The molecule has 3 aromatic rings. The number of Topliss-reactive ketones (excluding diaryl/α,β-unsaturated/α-hetero) is 1. The molecule has 0 fully saturated rings. The van der Waals surface area contributed by atoms with E-state index in [2.05, 4.69) is 11.7 Å². The highest BCUT2D eigenvalue weighted by Crippen LogP contribution is 2.20. The van der Waals surface area contributed by atoms with E-state index in [1.165, 1.54) is 4.90 Å². The van der Waals surface area contributed by atoms with Crippen LogP contribution in [0.4, 0.5) is 0 Å². The third-order valence-corrected chi connectivity index (χ3v) is 5.14. The summed E-state index contributed by atoms with van der Waals surface area (Å²) in [7, 11) is 0. The topological polar surface area (TPSA) is 55.2 Å². The van der Waals surface area contributed by atoms with E-state index in [0.29, 0.717) is 30.0 Å². The van der Waals surface area contributed by atoms with Crippen molar-refractivity contribution >= 4 is 23.0 Å². The van der Waals surface area contributed by atoms with Gasteiger partial charge in [0.25, 0.3) is 11.7 Å². The predicted octanol–water partition coefficient (Wildman–Crippen LogP) is 3.95. The zero-order chi connectivity index (χ0) is 19.4. The number of nitrogens with zero attached hydrogens (tertiary/aromatic N) is 3. The maximum atomic E-state index is 13.0. The number of thiophene rings is 1. The Morgan fingerprint density at radius 1 is 1.19 bits per heavy atom. The van der Waals surface area contributed by atoms with Crippen LogP contribution in [0.25, 0.3) is 5.69 Å². The minimum absolute atomic E-state index is 0.313. The number of ketones is 1. The highest BCUT2D eigenvalue weighted by molar-refractivity contribution is 7.09. The summed E-state index contributed by atoms with van der Waals surface area (Å²) in [5, 5.41) is 6.42. The monoisotopic (exact) mass is 379 g/mol. The van der Waals surface area contributed by atoms with Gasteiger partial charge in [-0.25, -0.2) is 4.68 Å². The van der Waals surface area contributed by atoms with Crippen molar-refractivity contribution in [3.05, 3.63) is 82.3 Å². The van der Waals surface area contributed by atoms with Gasteiger partial charge < -0.3 is 4.90 Å². The Morgan fingerprint density at radius 3 is 2.56 bits per heavy atom. The van der Waals surface area contributed by atoms with Crippen LogP contribution in [0, 0.1) is 13.8 Å². The van der Waals surface area contributed by atoms with Crippen molar-refractivity contribution in [3.8, 4) is 5.69 Å². The fraction of sp³-hybridized carbons (Fsp3) is 0.190. The number of hydrogen-bond acceptors (Lipinski definition) is 4. The molecule has 5 nitrogen and oxygen atoms in total. The second-order valence-corrected chi connectivity index (χ2v) is 7.21. The van der Waals surface area contributed by atoms with Gasteiger partial charge in [0, 0.05) is 11.4 Å². The standard InChI is InChI=1S/C21H21N3O2S/c1-4-12-23(14-18-11-8-13-27-18)21(26)20(25)19-15(2)22-24(16(19)3)17-9-6-5-7-10-17/h4-11,13H,1,12,14H2,2-3H3. The Hall–Kier alpha value is -2.99. The zero-order valence-electron chi connectivity index (χ0n) is 15.4. The quantitative estimate of drug-likeness (QED) is 0.355. The van der Waals surface area contributed by atoms with Gasteiger partial charge in [-0.2, -0.15) is 5.10 Å². The van der Waals surface area contributed by atoms with E-state index >= 15 is 0 Å². The first-order chi connectivity index (χ1) is 13.0. The molecule has 0 unspecified atom stereocenters.